The number of methoxy groups -OCH3 is 2. The number of alkyl halides is 1. The Morgan fingerprint density at radius 1 is 0.909 bits per heavy atom. The van der Waals surface area contributed by atoms with Crippen LogP contribution in [0.2, 0.25) is 0 Å². The highest BCUT2D eigenvalue weighted by molar-refractivity contribution is 6.37. The lowest BCUT2D eigenvalue weighted by atomic mass is 9.92. The SMILES string of the molecule is COc1ccc([C@@H]2[C@H](Cl)C(=O)N2c2ccc(OC)cc2)cc1. The molecule has 2 atom stereocenters. The van der Waals surface area contributed by atoms with Gasteiger partial charge in [0, 0.05) is 5.69 Å². The van der Waals surface area contributed by atoms with E-state index >= 15 is 0 Å². The first-order chi connectivity index (χ1) is 10.7. The zero-order valence-corrected chi connectivity index (χ0v) is 13.1. The Balaban J connectivity index is 1.89. The van der Waals surface area contributed by atoms with E-state index in [2.05, 4.69) is 0 Å². The number of ether oxygens (including phenoxy) is 2. The molecule has 114 valence electrons. The lowest BCUT2D eigenvalue weighted by Gasteiger charge is -2.44. The van der Waals surface area contributed by atoms with Gasteiger partial charge in [-0.05, 0) is 42.0 Å². The molecule has 3 rings (SSSR count). The zero-order valence-electron chi connectivity index (χ0n) is 12.3. The normalized spacial score (nSPS) is 20.5. The zero-order chi connectivity index (χ0) is 15.7. The Morgan fingerprint density at radius 3 is 1.91 bits per heavy atom. The van der Waals surface area contributed by atoms with Crippen molar-refractivity contribution in [1.82, 2.24) is 0 Å². The molecule has 0 N–H and O–H groups in total. The number of anilines is 1. The van der Waals surface area contributed by atoms with Crippen molar-refractivity contribution in [1.29, 1.82) is 0 Å². The van der Waals surface area contributed by atoms with Crippen LogP contribution >= 0.6 is 11.6 Å². The fourth-order valence-corrected chi connectivity index (χ4v) is 2.97. The third kappa shape index (κ3) is 2.40. The smallest absolute Gasteiger partial charge is 0.248 e. The third-order valence-corrected chi connectivity index (χ3v) is 4.26. The maximum Gasteiger partial charge on any atom is 0.248 e. The average Bonchev–Trinajstić information content (AvgIpc) is 2.59. The minimum Gasteiger partial charge on any atom is -0.497 e. The highest BCUT2D eigenvalue weighted by Gasteiger charge is 2.47. The molecule has 2 aromatic rings. The summed E-state index contributed by atoms with van der Waals surface area (Å²) in [4.78, 5) is 13.9. The first-order valence-corrected chi connectivity index (χ1v) is 7.34. The number of amides is 1. The van der Waals surface area contributed by atoms with Crippen molar-refractivity contribution in [2.75, 3.05) is 19.1 Å². The number of rotatable bonds is 4. The van der Waals surface area contributed by atoms with E-state index in [0.29, 0.717) is 0 Å². The number of hydrogen-bond donors (Lipinski definition) is 0. The van der Waals surface area contributed by atoms with Gasteiger partial charge in [0.2, 0.25) is 5.91 Å². The molecule has 1 aliphatic rings. The molecule has 1 heterocycles. The fraction of sp³-hybridized carbons (Fsp3) is 0.235. The maximum atomic E-state index is 12.2. The predicted octanol–water partition coefficient (Wildman–Crippen LogP) is 3.40. The summed E-state index contributed by atoms with van der Waals surface area (Å²) in [6.07, 6.45) is 0. The van der Waals surface area contributed by atoms with Crippen LogP contribution in [0.15, 0.2) is 48.5 Å². The summed E-state index contributed by atoms with van der Waals surface area (Å²) >= 11 is 6.23. The van der Waals surface area contributed by atoms with E-state index in [-0.39, 0.29) is 11.9 Å². The van der Waals surface area contributed by atoms with E-state index in [1.54, 1.807) is 19.1 Å². The molecule has 0 aromatic heterocycles. The number of β-lactam (4-membered cyclic amide) rings is 1. The Hall–Kier alpha value is -2.20. The Morgan fingerprint density at radius 2 is 1.41 bits per heavy atom. The molecule has 1 fully saturated rings. The molecule has 1 amide bonds. The summed E-state index contributed by atoms with van der Waals surface area (Å²) < 4.78 is 10.3. The minimum absolute atomic E-state index is 0.0901. The van der Waals surface area contributed by atoms with Crippen LogP contribution in [0.3, 0.4) is 0 Å². The summed E-state index contributed by atoms with van der Waals surface area (Å²) in [7, 11) is 3.23. The average molecular weight is 318 g/mol. The van der Waals surface area contributed by atoms with E-state index < -0.39 is 5.38 Å². The van der Waals surface area contributed by atoms with Gasteiger partial charge in [0.05, 0.1) is 20.3 Å². The maximum absolute atomic E-state index is 12.2. The number of carbonyl (C=O) groups excluding carboxylic acids is 1. The van der Waals surface area contributed by atoms with Crippen LogP contribution in [0.5, 0.6) is 11.5 Å². The van der Waals surface area contributed by atoms with Gasteiger partial charge in [-0.2, -0.15) is 0 Å². The van der Waals surface area contributed by atoms with Gasteiger partial charge in [0.25, 0.3) is 0 Å². The van der Waals surface area contributed by atoms with E-state index in [1.807, 2.05) is 48.5 Å². The van der Waals surface area contributed by atoms with Crippen molar-refractivity contribution in [3.05, 3.63) is 54.1 Å². The molecule has 22 heavy (non-hydrogen) atoms. The molecule has 5 heteroatoms. The van der Waals surface area contributed by atoms with Crippen LogP contribution in [0.1, 0.15) is 11.6 Å². The van der Waals surface area contributed by atoms with Crippen molar-refractivity contribution in [2.45, 2.75) is 11.4 Å². The van der Waals surface area contributed by atoms with Crippen LogP contribution < -0.4 is 14.4 Å². The molecule has 0 unspecified atom stereocenters. The van der Waals surface area contributed by atoms with Crippen LogP contribution in [0.4, 0.5) is 5.69 Å². The summed E-state index contributed by atoms with van der Waals surface area (Å²) in [6.45, 7) is 0. The van der Waals surface area contributed by atoms with Gasteiger partial charge in [-0.3, -0.25) is 4.79 Å². The molecule has 4 nitrogen and oxygen atoms in total. The topological polar surface area (TPSA) is 38.8 Å². The summed E-state index contributed by atoms with van der Waals surface area (Å²) in [5, 5.41) is -0.546. The Bertz CT molecular complexity index is 669. The monoisotopic (exact) mass is 317 g/mol. The molecule has 0 saturated carbocycles. The summed E-state index contributed by atoms with van der Waals surface area (Å²) in [6, 6.07) is 14.8. The highest BCUT2D eigenvalue weighted by atomic mass is 35.5. The number of carbonyl (C=O) groups is 1. The quantitative estimate of drug-likeness (QED) is 0.641. The molecular weight excluding hydrogens is 302 g/mol. The van der Waals surface area contributed by atoms with Crippen molar-refractivity contribution < 1.29 is 14.3 Å². The predicted molar refractivity (Wildman–Crippen MR) is 85.9 cm³/mol. The van der Waals surface area contributed by atoms with E-state index in [4.69, 9.17) is 21.1 Å². The van der Waals surface area contributed by atoms with Gasteiger partial charge in [0.1, 0.15) is 16.9 Å². The standard InChI is InChI=1S/C17H16ClNO3/c1-21-13-7-3-11(4-8-13)16-15(18)17(20)19(16)12-5-9-14(22-2)10-6-12/h3-10,15-16H,1-2H3/t15-,16+/m0/s1. The van der Waals surface area contributed by atoms with Crippen LogP contribution in [-0.2, 0) is 4.79 Å². The van der Waals surface area contributed by atoms with E-state index in [1.165, 1.54) is 0 Å². The summed E-state index contributed by atoms with van der Waals surface area (Å²) in [5.74, 6) is 1.43. The van der Waals surface area contributed by atoms with E-state index in [0.717, 1.165) is 22.7 Å². The first kappa shape index (κ1) is 14.7. The van der Waals surface area contributed by atoms with Gasteiger partial charge in [-0.1, -0.05) is 12.1 Å². The molecule has 0 aliphatic carbocycles. The second-order valence-electron chi connectivity index (χ2n) is 5.03. The Labute approximate surface area is 134 Å². The number of hydrogen-bond acceptors (Lipinski definition) is 3. The second-order valence-corrected chi connectivity index (χ2v) is 5.50. The van der Waals surface area contributed by atoms with Gasteiger partial charge in [-0.25, -0.2) is 0 Å². The third-order valence-electron chi connectivity index (χ3n) is 3.84. The molecule has 0 bridgehead atoms. The molecular formula is C17H16ClNO3. The van der Waals surface area contributed by atoms with Crippen molar-refractivity contribution in [2.24, 2.45) is 0 Å². The van der Waals surface area contributed by atoms with Crippen molar-refractivity contribution in [3.63, 3.8) is 0 Å². The van der Waals surface area contributed by atoms with Gasteiger partial charge < -0.3 is 14.4 Å². The van der Waals surface area contributed by atoms with Crippen molar-refractivity contribution in [3.8, 4) is 11.5 Å². The molecule has 1 saturated heterocycles. The fourth-order valence-electron chi connectivity index (χ4n) is 2.60. The number of halogens is 1. The van der Waals surface area contributed by atoms with Gasteiger partial charge in [-0.15, -0.1) is 11.6 Å². The first-order valence-electron chi connectivity index (χ1n) is 6.91. The van der Waals surface area contributed by atoms with Crippen LogP contribution in [-0.4, -0.2) is 25.5 Å². The number of benzene rings is 2. The lowest BCUT2D eigenvalue weighted by molar-refractivity contribution is -0.123. The second kappa shape index (κ2) is 5.89. The minimum atomic E-state index is -0.546. The largest absolute Gasteiger partial charge is 0.497 e. The lowest BCUT2D eigenvalue weighted by Crippen LogP contribution is -2.56. The summed E-state index contributed by atoms with van der Waals surface area (Å²) in [5.41, 5.74) is 1.79. The molecule has 2 aromatic carbocycles. The molecule has 0 spiro atoms. The Kier molecular flexibility index (Phi) is 3.94. The van der Waals surface area contributed by atoms with Gasteiger partial charge in [0.15, 0.2) is 0 Å². The number of nitrogens with zero attached hydrogens (tertiary/aromatic N) is 1. The highest BCUT2D eigenvalue weighted by Crippen LogP contribution is 2.42. The molecule has 1 aliphatic heterocycles. The van der Waals surface area contributed by atoms with Crippen LogP contribution in [0.25, 0.3) is 0 Å². The van der Waals surface area contributed by atoms with Crippen LogP contribution in [0, 0.1) is 0 Å². The van der Waals surface area contributed by atoms with E-state index in [9.17, 15) is 4.79 Å². The van der Waals surface area contributed by atoms with Crippen molar-refractivity contribution >= 4 is 23.2 Å². The van der Waals surface area contributed by atoms with Gasteiger partial charge >= 0.3 is 0 Å². The molecule has 0 radical (unpaired) electrons.